The Hall–Kier alpha value is -0.980. The average Bonchev–Trinajstić information content (AvgIpc) is 3.03. The molecule has 1 amide bonds. The van der Waals surface area contributed by atoms with Crippen LogP contribution in [0, 0.1) is 5.92 Å². The minimum absolute atomic E-state index is 0. The Kier molecular flexibility index (Phi) is 9.48. The van der Waals surface area contributed by atoms with E-state index in [2.05, 4.69) is 15.6 Å². The minimum atomic E-state index is 0. The molecule has 1 aliphatic heterocycles. The van der Waals surface area contributed by atoms with Gasteiger partial charge in [-0.2, -0.15) is 0 Å². The molecule has 1 aliphatic rings. The van der Waals surface area contributed by atoms with Crippen LogP contribution >= 0.6 is 24.8 Å². The van der Waals surface area contributed by atoms with Crippen molar-refractivity contribution in [3.05, 3.63) is 11.9 Å². The number of aromatic nitrogens is 2. The van der Waals surface area contributed by atoms with Gasteiger partial charge in [-0.1, -0.05) is 0 Å². The molecular formula is C14H27Cl2N5O. The number of nitrogens with one attached hydrogen (secondary N) is 2. The molecular weight excluding hydrogens is 325 g/mol. The fraction of sp³-hybridized carbons (Fsp3) is 0.714. The van der Waals surface area contributed by atoms with Gasteiger partial charge in [0.2, 0.25) is 11.9 Å². The van der Waals surface area contributed by atoms with Crippen molar-refractivity contribution < 1.29 is 4.79 Å². The van der Waals surface area contributed by atoms with Crippen LogP contribution in [0.5, 0.6) is 0 Å². The molecule has 128 valence electrons. The molecule has 2 N–H and O–H groups in total. The Bertz CT molecular complexity index is 458. The summed E-state index contributed by atoms with van der Waals surface area (Å²) < 4.78 is 2.00. The fourth-order valence-electron chi connectivity index (χ4n) is 2.59. The van der Waals surface area contributed by atoms with Gasteiger partial charge in [0.25, 0.3) is 0 Å². The lowest BCUT2D eigenvalue weighted by Gasteiger charge is -2.13. The maximum atomic E-state index is 11.9. The number of halogens is 2. The molecule has 2 heterocycles. The van der Waals surface area contributed by atoms with Crippen LogP contribution in [0.2, 0.25) is 0 Å². The monoisotopic (exact) mass is 351 g/mol. The second kappa shape index (κ2) is 9.92. The number of carbonyl (C=O) groups excluding carboxylic acids is 1. The Labute approximate surface area is 144 Å². The number of anilines is 1. The van der Waals surface area contributed by atoms with Gasteiger partial charge in [-0.25, -0.2) is 4.98 Å². The second-order valence-corrected chi connectivity index (χ2v) is 5.68. The normalized spacial score (nSPS) is 16.6. The highest BCUT2D eigenvalue weighted by molar-refractivity contribution is 5.85. The fourth-order valence-corrected chi connectivity index (χ4v) is 2.59. The minimum Gasteiger partial charge on any atom is -0.350 e. The van der Waals surface area contributed by atoms with Crippen molar-refractivity contribution in [2.45, 2.75) is 25.8 Å². The Morgan fingerprint density at radius 3 is 2.77 bits per heavy atom. The number of carbonyl (C=O) groups is 1. The summed E-state index contributed by atoms with van der Waals surface area (Å²) >= 11 is 0. The van der Waals surface area contributed by atoms with E-state index in [4.69, 9.17) is 0 Å². The maximum absolute atomic E-state index is 11.9. The molecule has 1 saturated heterocycles. The van der Waals surface area contributed by atoms with Crippen LogP contribution in [0.1, 0.15) is 25.0 Å². The van der Waals surface area contributed by atoms with E-state index in [1.165, 1.54) is 6.42 Å². The van der Waals surface area contributed by atoms with E-state index >= 15 is 0 Å². The Balaban J connectivity index is 0.00000220. The van der Waals surface area contributed by atoms with Crippen molar-refractivity contribution >= 4 is 36.7 Å². The summed E-state index contributed by atoms with van der Waals surface area (Å²) in [6, 6.07) is 0. The zero-order valence-corrected chi connectivity index (χ0v) is 15.1. The number of hydrogen-bond acceptors (Lipinski definition) is 4. The van der Waals surface area contributed by atoms with Gasteiger partial charge in [-0.05, 0) is 31.8 Å². The topological polar surface area (TPSA) is 62.2 Å². The van der Waals surface area contributed by atoms with Gasteiger partial charge in [0.1, 0.15) is 0 Å². The summed E-state index contributed by atoms with van der Waals surface area (Å²) in [5.74, 6) is 1.69. The summed E-state index contributed by atoms with van der Waals surface area (Å²) in [4.78, 5) is 18.1. The van der Waals surface area contributed by atoms with Crippen molar-refractivity contribution in [1.82, 2.24) is 20.2 Å². The molecule has 1 aromatic rings. The molecule has 1 atom stereocenters. The third kappa shape index (κ3) is 5.66. The van der Waals surface area contributed by atoms with Crippen molar-refractivity contribution in [1.29, 1.82) is 0 Å². The van der Waals surface area contributed by atoms with E-state index in [0.29, 0.717) is 18.9 Å². The number of amides is 1. The standard InChI is InChI=1S/C14H25N5O.2ClH/c1-18(2)14-17-10-12(19(14)3)9-16-13(20)5-4-11-6-7-15-8-11;;/h10-11,15H,4-9H2,1-3H3,(H,16,20);2*1H. The Morgan fingerprint density at radius 2 is 2.23 bits per heavy atom. The molecule has 0 aromatic carbocycles. The average molecular weight is 352 g/mol. The van der Waals surface area contributed by atoms with Gasteiger partial charge >= 0.3 is 0 Å². The quantitative estimate of drug-likeness (QED) is 0.811. The molecule has 22 heavy (non-hydrogen) atoms. The van der Waals surface area contributed by atoms with E-state index in [1.807, 2.05) is 36.8 Å². The van der Waals surface area contributed by atoms with E-state index in [0.717, 1.165) is 31.2 Å². The van der Waals surface area contributed by atoms with Gasteiger partial charge < -0.3 is 20.1 Å². The molecule has 0 spiro atoms. The molecule has 1 fully saturated rings. The van der Waals surface area contributed by atoms with Crippen molar-refractivity contribution in [2.24, 2.45) is 13.0 Å². The molecule has 1 unspecified atom stereocenters. The van der Waals surface area contributed by atoms with Crippen LogP contribution in [-0.4, -0.2) is 42.6 Å². The first-order valence-corrected chi connectivity index (χ1v) is 7.23. The van der Waals surface area contributed by atoms with Gasteiger partial charge in [0.05, 0.1) is 18.4 Å². The second-order valence-electron chi connectivity index (χ2n) is 5.68. The number of rotatable bonds is 6. The summed E-state index contributed by atoms with van der Waals surface area (Å²) in [6.07, 6.45) is 4.61. The molecule has 0 radical (unpaired) electrons. The molecule has 2 rings (SSSR count). The summed E-state index contributed by atoms with van der Waals surface area (Å²) in [5, 5.41) is 6.30. The highest BCUT2D eigenvalue weighted by atomic mass is 35.5. The zero-order valence-electron chi connectivity index (χ0n) is 13.5. The predicted octanol–water partition coefficient (Wildman–Crippen LogP) is 1.34. The van der Waals surface area contributed by atoms with Crippen molar-refractivity contribution in [2.75, 3.05) is 32.1 Å². The lowest BCUT2D eigenvalue weighted by Crippen LogP contribution is -2.25. The van der Waals surface area contributed by atoms with Crippen molar-refractivity contribution in [3.8, 4) is 0 Å². The largest absolute Gasteiger partial charge is 0.350 e. The van der Waals surface area contributed by atoms with Gasteiger partial charge in [0, 0.05) is 27.6 Å². The first-order valence-electron chi connectivity index (χ1n) is 7.23. The van der Waals surface area contributed by atoms with Crippen molar-refractivity contribution in [3.63, 3.8) is 0 Å². The first kappa shape index (κ1) is 21.0. The van der Waals surface area contributed by atoms with Crippen LogP contribution in [0.3, 0.4) is 0 Å². The van der Waals surface area contributed by atoms with Crippen LogP contribution < -0.4 is 15.5 Å². The molecule has 1 aromatic heterocycles. The molecule has 0 aliphatic carbocycles. The third-order valence-electron chi connectivity index (χ3n) is 3.87. The van der Waals surface area contributed by atoms with Crippen LogP contribution in [0.15, 0.2) is 6.20 Å². The molecule has 8 heteroatoms. The highest BCUT2D eigenvalue weighted by Gasteiger charge is 2.16. The summed E-state index contributed by atoms with van der Waals surface area (Å²) in [5.41, 5.74) is 1.02. The van der Waals surface area contributed by atoms with E-state index in [1.54, 1.807) is 0 Å². The molecule has 0 saturated carbocycles. The summed E-state index contributed by atoms with van der Waals surface area (Å²) in [7, 11) is 5.88. The van der Waals surface area contributed by atoms with Crippen LogP contribution in [-0.2, 0) is 18.4 Å². The molecule has 0 bridgehead atoms. The van der Waals surface area contributed by atoms with E-state index in [-0.39, 0.29) is 30.7 Å². The van der Waals surface area contributed by atoms with Gasteiger partial charge in [-0.15, -0.1) is 24.8 Å². The smallest absolute Gasteiger partial charge is 0.220 e. The van der Waals surface area contributed by atoms with Crippen LogP contribution in [0.4, 0.5) is 5.95 Å². The van der Waals surface area contributed by atoms with Gasteiger partial charge in [-0.3, -0.25) is 4.79 Å². The maximum Gasteiger partial charge on any atom is 0.220 e. The first-order chi connectivity index (χ1) is 9.58. The van der Waals surface area contributed by atoms with E-state index in [9.17, 15) is 4.79 Å². The van der Waals surface area contributed by atoms with E-state index < -0.39 is 0 Å². The third-order valence-corrected chi connectivity index (χ3v) is 3.87. The lowest BCUT2D eigenvalue weighted by molar-refractivity contribution is -0.121. The molecule has 6 nitrogen and oxygen atoms in total. The van der Waals surface area contributed by atoms with Crippen LogP contribution in [0.25, 0.3) is 0 Å². The predicted molar refractivity (Wildman–Crippen MR) is 94.1 cm³/mol. The number of nitrogens with zero attached hydrogens (tertiary/aromatic N) is 3. The number of hydrogen-bond donors (Lipinski definition) is 2. The Morgan fingerprint density at radius 1 is 1.50 bits per heavy atom. The highest BCUT2D eigenvalue weighted by Crippen LogP contribution is 2.14. The lowest BCUT2D eigenvalue weighted by atomic mass is 10.0. The zero-order chi connectivity index (χ0) is 14.5. The SMILES string of the molecule is CN(C)c1ncc(CNC(=O)CCC2CCNC2)n1C.Cl.Cl. The summed E-state index contributed by atoms with van der Waals surface area (Å²) in [6.45, 7) is 2.69. The number of imidazole rings is 1. The van der Waals surface area contributed by atoms with Gasteiger partial charge in [0.15, 0.2) is 0 Å².